The number of aromatic nitrogens is 2. The molecule has 0 radical (unpaired) electrons. The maximum Gasteiger partial charge on any atom is 0.325 e. The van der Waals surface area contributed by atoms with Crippen molar-refractivity contribution in [2.45, 2.75) is 90.1 Å². The summed E-state index contributed by atoms with van der Waals surface area (Å²) in [6.07, 6.45) is 10.4. The fraction of sp³-hybridized carbons (Fsp3) is 0.739. The fourth-order valence-corrected chi connectivity index (χ4v) is 5.49. The van der Waals surface area contributed by atoms with Crippen molar-refractivity contribution in [3.05, 3.63) is 12.3 Å². The highest BCUT2D eigenvalue weighted by Crippen LogP contribution is 2.43. The molecule has 1 aliphatic heterocycles. The molecule has 4 amide bonds. The van der Waals surface area contributed by atoms with Gasteiger partial charge in [0.05, 0.1) is 12.2 Å². The van der Waals surface area contributed by atoms with E-state index in [1.54, 1.807) is 12.3 Å². The summed E-state index contributed by atoms with van der Waals surface area (Å²) in [4.78, 5) is 39.5. The molecule has 2 aliphatic carbocycles. The van der Waals surface area contributed by atoms with Crippen LogP contribution in [0.2, 0.25) is 0 Å². The number of nitrogens with one attached hydrogen (secondary N) is 2. The lowest BCUT2D eigenvalue weighted by atomic mass is 9.67. The lowest BCUT2D eigenvalue weighted by Crippen LogP contribution is -2.51. The van der Waals surface area contributed by atoms with Gasteiger partial charge in [-0.3, -0.25) is 14.5 Å². The van der Waals surface area contributed by atoms with Gasteiger partial charge in [0.15, 0.2) is 0 Å². The van der Waals surface area contributed by atoms with Crippen molar-refractivity contribution in [3.8, 4) is 0 Å². The van der Waals surface area contributed by atoms with Gasteiger partial charge in [-0.05, 0) is 49.9 Å². The van der Waals surface area contributed by atoms with Crippen LogP contribution in [0.4, 0.5) is 10.6 Å². The zero-order chi connectivity index (χ0) is 22.2. The van der Waals surface area contributed by atoms with Crippen LogP contribution < -0.4 is 10.6 Å². The van der Waals surface area contributed by atoms with E-state index in [-0.39, 0.29) is 29.8 Å². The first-order valence-electron chi connectivity index (χ1n) is 11.7. The molecule has 0 atom stereocenters. The van der Waals surface area contributed by atoms with Gasteiger partial charge in [0.1, 0.15) is 17.9 Å². The quantitative estimate of drug-likeness (QED) is 0.711. The number of urea groups is 1. The highest BCUT2D eigenvalue weighted by Gasteiger charge is 2.53. The van der Waals surface area contributed by atoms with Crippen molar-refractivity contribution < 1.29 is 14.4 Å². The van der Waals surface area contributed by atoms with Crippen LogP contribution >= 0.6 is 0 Å². The van der Waals surface area contributed by atoms with Crippen LogP contribution in [0, 0.1) is 11.3 Å². The van der Waals surface area contributed by atoms with Crippen LogP contribution in [0.15, 0.2) is 12.3 Å². The minimum Gasteiger partial charge on any atom is -0.323 e. The summed E-state index contributed by atoms with van der Waals surface area (Å²) >= 11 is 0. The normalized spacial score (nSPS) is 27.6. The molecule has 4 rings (SSSR count). The molecule has 0 unspecified atom stereocenters. The number of carbonyl (C=O) groups is 3. The van der Waals surface area contributed by atoms with E-state index >= 15 is 0 Å². The lowest BCUT2D eigenvalue weighted by Gasteiger charge is -2.40. The second-order valence-corrected chi connectivity index (χ2v) is 10.5. The van der Waals surface area contributed by atoms with E-state index < -0.39 is 11.6 Å². The number of hydrogen-bond donors (Lipinski definition) is 2. The Hall–Kier alpha value is -2.38. The van der Waals surface area contributed by atoms with Crippen molar-refractivity contribution in [1.29, 1.82) is 0 Å². The van der Waals surface area contributed by atoms with Crippen LogP contribution in [0.3, 0.4) is 0 Å². The summed E-state index contributed by atoms with van der Waals surface area (Å²) in [5.74, 6) is 0.520. The molecule has 0 aromatic carbocycles. The van der Waals surface area contributed by atoms with E-state index in [1.807, 2.05) is 4.68 Å². The first kappa shape index (κ1) is 21.8. The molecule has 2 saturated carbocycles. The van der Waals surface area contributed by atoms with Gasteiger partial charge in [0, 0.05) is 6.07 Å². The monoisotopic (exact) mass is 429 g/mol. The van der Waals surface area contributed by atoms with Gasteiger partial charge in [-0.1, -0.05) is 40.0 Å². The fourth-order valence-electron chi connectivity index (χ4n) is 5.49. The van der Waals surface area contributed by atoms with E-state index in [0.29, 0.717) is 24.6 Å². The van der Waals surface area contributed by atoms with Gasteiger partial charge < -0.3 is 10.6 Å². The molecule has 1 saturated heterocycles. The molecule has 3 aliphatic rings. The Morgan fingerprint density at radius 2 is 1.84 bits per heavy atom. The maximum atomic E-state index is 13.1. The lowest BCUT2D eigenvalue weighted by molar-refractivity contribution is -0.135. The standard InChI is InChI=1S/C23H35N5O3/c1-22(2,3)16-9-12-23(13-10-16)20(30)27(21(31)26-23)15-19(29)25-18-11-14-24-28(18)17-7-5-4-6-8-17/h11,14,16-17H,4-10,12-13,15H2,1-3H3,(H,25,29)(H,26,31). The molecule has 8 heteroatoms. The molecule has 2 heterocycles. The van der Waals surface area contributed by atoms with Gasteiger partial charge in [-0.2, -0.15) is 5.10 Å². The topological polar surface area (TPSA) is 96.3 Å². The summed E-state index contributed by atoms with van der Waals surface area (Å²) in [5.41, 5.74) is -0.656. The Kier molecular flexibility index (Phi) is 5.83. The van der Waals surface area contributed by atoms with Gasteiger partial charge in [-0.15, -0.1) is 0 Å². The van der Waals surface area contributed by atoms with Crippen molar-refractivity contribution in [2.75, 3.05) is 11.9 Å². The number of imide groups is 1. The Bertz CT molecular complexity index is 842. The number of nitrogens with zero attached hydrogens (tertiary/aromatic N) is 3. The average Bonchev–Trinajstić information content (AvgIpc) is 3.27. The van der Waals surface area contributed by atoms with E-state index in [4.69, 9.17) is 0 Å². The molecule has 1 spiro atoms. The molecule has 31 heavy (non-hydrogen) atoms. The highest BCUT2D eigenvalue weighted by atomic mass is 16.2. The minimum atomic E-state index is -0.844. The number of amides is 4. The summed E-state index contributed by atoms with van der Waals surface area (Å²) in [5, 5.41) is 10.2. The molecule has 8 nitrogen and oxygen atoms in total. The van der Waals surface area contributed by atoms with E-state index in [9.17, 15) is 14.4 Å². The Morgan fingerprint density at radius 1 is 1.16 bits per heavy atom. The predicted molar refractivity (Wildman–Crippen MR) is 117 cm³/mol. The van der Waals surface area contributed by atoms with Crippen LogP contribution in [-0.2, 0) is 9.59 Å². The van der Waals surface area contributed by atoms with Crippen LogP contribution in [-0.4, -0.2) is 44.6 Å². The Labute approximate surface area is 184 Å². The Balaban J connectivity index is 1.38. The molecular weight excluding hydrogens is 394 g/mol. The van der Waals surface area contributed by atoms with Gasteiger partial charge >= 0.3 is 6.03 Å². The third-order valence-corrected chi connectivity index (χ3v) is 7.47. The second-order valence-electron chi connectivity index (χ2n) is 10.5. The number of carbonyl (C=O) groups excluding carboxylic acids is 3. The maximum absolute atomic E-state index is 13.1. The van der Waals surface area contributed by atoms with Crippen LogP contribution in [0.1, 0.15) is 84.6 Å². The van der Waals surface area contributed by atoms with Crippen LogP contribution in [0.25, 0.3) is 0 Å². The van der Waals surface area contributed by atoms with E-state index in [1.165, 1.54) is 19.3 Å². The number of anilines is 1. The largest absolute Gasteiger partial charge is 0.325 e. The molecule has 1 aromatic heterocycles. The molecule has 3 fully saturated rings. The predicted octanol–water partition coefficient (Wildman–Crippen LogP) is 3.85. The third-order valence-electron chi connectivity index (χ3n) is 7.47. The molecule has 0 bridgehead atoms. The number of rotatable bonds is 4. The number of hydrogen-bond acceptors (Lipinski definition) is 4. The van der Waals surface area contributed by atoms with Crippen molar-refractivity contribution >= 4 is 23.7 Å². The van der Waals surface area contributed by atoms with Gasteiger partial charge in [0.2, 0.25) is 5.91 Å². The van der Waals surface area contributed by atoms with Crippen molar-refractivity contribution in [2.24, 2.45) is 11.3 Å². The molecule has 1 aromatic rings. The van der Waals surface area contributed by atoms with Gasteiger partial charge in [0.25, 0.3) is 5.91 Å². The molecule has 170 valence electrons. The van der Waals surface area contributed by atoms with Crippen molar-refractivity contribution in [3.63, 3.8) is 0 Å². The summed E-state index contributed by atoms with van der Waals surface area (Å²) in [6, 6.07) is 1.60. The SMILES string of the molecule is CC(C)(C)C1CCC2(CC1)NC(=O)N(CC(=O)Nc1ccnn1C1CCCCC1)C2=O. The third kappa shape index (κ3) is 4.34. The Morgan fingerprint density at radius 3 is 2.48 bits per heavy atom. The van der Waals surface area contributed by atoms with E-state index in [2.05, 4.69) is 36.5 Å². The van der Waals surface area contributed by atoms with E-state index in [0.717, 1.165) is 30.6 Å². The summed E-state index contributed by atoms with van der Waals surface area (Å²) in [7, 11) is 0. The zero-order valence-corrected chi connectivity index (χ0v) is 18.9. The minimum absolute atomic E-state index is 0.189. The van der Waals surface area contributed by atoms with Gasteiger partial charge in [-0.25, -0.2) is 9.48 Å². The first-order chi connectivity index (χ1) is 14.7. The molecular formula is C23H35N5O3. The first-order valence-corrected chi connectivity index (χ1v) is 11.7. The summed E-state index contributed by atoms with van der Waals surface area (Å²) in [6.45, 7) is 6.39. The zero-order valence-electron chi connectivity index (χ0n) is 18.9. The molecule has 2 N–H and O–H groups in total. The van der Waals surface area contributed by atoms with Crippen molar-refractivity contribution in [1.82, 2.24) is 20.0 Å². The van der Waals surface area contributed by atoms with Crippen LogP contribution in [0.5, 0.6) is 0 Å². The average molecular weight is 430 g/mol. The smallest absolute Gasteiger partial charge is 0.323 e. The second kappa shape index (κ2) is 8.28. The highest BCUT2D eigenvalue weighted by molar-refractivity contribution is 6.10. The summed E-state index contributed by atoms with van der Waals surface area (Å²) < 4.78 is 1.87.